The Labute approximate surface area is 115 Å². The van der Waals surface area contributed by atoms with Gasteiger partial charge in [-0.05, 0) is 31.4 Å². The molecular weight excluding hydrogens is 238 g/mol. The number of rotatable bonds is 4. The summed E-state index contributed by atoms with van der Waals surface area (Å²) in [6.45, 7) is 6.61. The van der Waals surface area contributed by atoms with Crippen molar-refractivity contribution in [3.8, 4) is 0 Å². The number of carbonyl (C=O) groups is 1. The second-order valence-electron chi connectivity index (χ2n) is 5.56. The van der Waals surface area contributed by atoms with Crippen LogP contribution in [0.4, 0.5) is 0 Å². The first-order valence-electron chi connectivity index (χ1n) is 6.93. The number of methoxy groups -OCH3 is 1. The van der Waals surface area contributed by atoms with Crippen LogP contribution in [-0.4, -0.2) is 37.6 Å². The summed E-state index contributed by atoms with van der Waals surface area (Å²) >= 11 is 0. The molecule has 1 aromatic rings. The van der Waals surface area contributed by atoms with Gasteiger partial charge in [-0.3, -0.25) is 4.79 Å². The molecule has 1 aliphatic heterocycles. The molecule has 0 unspecified atom stereocenters. The number of amides is 1. The molecular formula is C16H23NO2. The second kappa shape index (κ2) is 6.20. The fraction of sp³-hybridized carbons (Fsp3) is 0.562. The third-order valence-corrected chi connectivity index (χ3v) is 3.89. The Morgan fingerprint density at radius 2 is 2.21 bits per heavy atom. The summed E-state index contributed by atoms with van der Waals surface area (Å²) < 4.78 is 5.17. The Kier molecular flexibility index (Phi) is 4.59. The SMILES string of the molecule is COC[C@H]1CCN(C(=O)Cc2cc(C)ccc2C)C1. The molecule has 0 radical (unpaired) electrons. The number of aryl methyl sites for hydroxylation is 2. The first-order chi connectivity index (χ1) is 9.10. The van der Waals surface area contributed by atoms with Crippen molar-refractivity contribution in [2.45, 2.75) is 26.7 Å². The number of ether oxygens (including phenoxy) is 1. The molecule has 104 valence electrons. The Bertz CT molecular complexity index is 456. The normalized spacial score (nSPS) is 18.9. The maximum atomic E-state index is 12.3. The van der Waals surface area contributed by atoms with Gasteiger partial charge >= 0.3 is 0 Å². The van der Waals surface area contributed by atoms with E-state index in [1.807, 2.05) is 4.90 Å². The van der Waals surface area contributed by atoms with Gasteiger partial charge in [0.25, 0.3) is 0 Å². The van der Waals surface area contributed by atoms with Crippen molar-refractivity contribution in [2.75, 3.05) is 26.8 Å². The first-order valence-corrected chi connectivity index (χ1v) is 6.93. The van der Waals surface area contributed by atoms with E-state index in [9.17, 15) is 4.79 Å². The highest BCUT2D eigenvalue weighted by Gasteiger charge is 2.26. The monoisotopic (exact) mass is 261 g/mol. The molecule has 1 saturated heterocycles. The molecule has 1 fully saturated rings. The summed E-state index contributed by atoms with van der Waals surface area (Å²) in [5.41, 5.74) is 3.57. The van der Waals surface area contributed by atoms with Crippen LogP contribution in [0.3, 0.4) is 0 Å². The molecule has 1 atom stereocenters. The second-order valence-corrected chi connectivity index (χ2v) is 5.56. The number of likely N-dealkylation sites (tertiary alicyclic amines) is 1. The van der Waals surface area contributed by atoms with Crippen molar-refractivity contribution in [3.05, 3.63) is 34.9 Å². The molecule has 2 rings (SSSR count). The number of hydrogen-bond acceptors (Lipinski definition) is 2. The van der Waals surface area contributed by atoms with Gasteiger partial charge in [0.1, 0.15) is 0 Å². The van der Waals surface area contributed by atoms with E-state index in [2.05, 4.69) is 32.0 Å². The first kappa shape index (κ1) is 14.1. The zero-order chi connectivity index (χ0) is 13.8. The molecule has 0 aliphatic carbocycles. The van der Waals surface area contributed by atoms with Crippen molar-refractivity contribution >= 4 is 5.91 Å². The van der Waals surface area contributed by atoms with E-state index >= 15 is 0 Å². The Hall–Kier alpha value is -1.35. The van der Waals surface area contributed by atoms with Gasteiger partial charge in [0.05, 0.1) is 13.0 Å². The fourth-order valence-corrected chi connectivity index (χ4v) is 2.70. The van der Waals surface area contributed by atoms with Gasteiger partial charge in [-0.15, -0.1) is 0 Å². The molecule has 3 heteroatoms. The van der Waals surface area contributed by atoms with Gasteiger partial charge in [0, 0.05) is 26.1 Å². The smallest absolute Gasteiger partial charge is 0.227 e. The quantitative estimate of drug-likeness (QED) is 0.832. The van der Waals surface area contributed by atoms with Crippen molar-refractivity contribution in [1.29, 1.82) is 0 Å². The predicted octanol–water partition coefficient (Wildman–Crippen LogP) is 2.34. The van der Waals surface area contributed by atoms with E-state index in [0.717, 1.165) is 31.7 Å². The number of carbonyl (C=O) groups excluding carboxylic acids is 1. The zero-order valence-corrected chi connectivity index (χ0v) is 12.1. The lowest BCUT2D eigenvalue weighted by atomic mass is 10.0. The molecule has 1 aromatic carbocycles. The minimum atomic E-state index is 0.243. The van der Waals surface area contributed by atoms with Crippen molar-refractivity contribution in [3.63, 3.8) is 0 Å². The van der Waals surface area contributed by atoms with E-state index in [1.54, 1.807) is 7.11 Å². The molecule has 0 spiro atoms. The minimum absolute atomic E-state index is 0.243. The highest BCUT2D eigenvalue weighted by atomic mass is 16.5. The summed E-state index contributed by atoms with van der Waals surface area (Å²) in [5.74, 6) is 0.750. The standard InChI is InChI=1S/C16H23NO2/c1-12-4-5-13(2)15(8-12)9-16(18)17-7-6-14(10-17)11-19-3/h4-5,8,14H,6-7,9-11H2,1-3H3/t14-/m0/s1. The van der Waals surface area contributed by atoms with E-state index in [1.165, 1.54) is 11.1 Å². The number of hydrogen-bond donors (Lipinski definition) is 0. The highest BCUT2D eigenvalue weighted by molar-refractivity contribution is 5.79. The van der Waals surface area contributed by atoms with Gasteiger partial charge in [0.15, 0.2) is 0 Å². The lowest BCUT2D eigenvalue weighted by molar-refractivity contribution is -0.129. The summed E-state index contributed by atoms with van der Waals surface area (Å²) in [4.78, 5) is 14.3. The van der Waals surface area contributed by atoms with Crippen molar-refractivity contribution in [1.82, 2.24) is 4.90 Å². The summed E-state index contributed by atoms with van der Waals surface area (Å²) in [6.07, 6.45) is 1.58. The molecule has 0 bridgehead atoms. The molecule has 0 N–H and O–H groups in total. The van der Waals surface area contributed by atoms with Gasteiger partial charge in [-0.25, -0.2) is 0 Å². The van der Waals surface area contributed by atoms with E-state index in [4.69, 9.17) is 4.74 Å². The lowest BCUT2D eigenvalue weighted by Gasteiger charge is -2.17. The topological polar surface area (TPSA) is 29.5 Å². The summed E-state index contributed by atoms with van der Waals surface area (Å²) in [7, 11) is 1.72. The predicted molar refractivity (Wildman–Crippen MR) is 76.2 cm³/mol. The molecule has 19 heavy (non-hydrogen) atoms. The van der Waals surface area contributed by atoms with E-state index in [-0.39, 0.29) is 5.91 Å². The average Bonchev–Trinajstić information content (AvgIpc) is 2.83. The van der Waals surface area contributed by atoms with Crippen molar-refractivity contribution in [2.24, 2.45) is 5.92 Å². The fourth-order valence-electron chi connectivity index (χ4n) is 2.70. The third-order valence-electron chi connectivity index (χ3n) is 3.89. The molecule has 1 heterocycles. The van der Waals surface area contributed by atoms with Crippen LogP contribution in [0.1, 0.15) is 23.1 Å². The molecule has 0 saturated carbocycles. The van der Waals surface area contributed by atoms with Gasteiger partial charge in [-0.1, -0.05) is 23.8 Å². The van der Waals surface area contributed by atoms with Gasteiger partial charge < -0.3 is 9.64 Å². The minimum Gasteiger partial charge on any atom is -0.384 e. The lowest BCUT2D eigenvalue weighted by Crippen LogP contribution is -2.30. The Morgan fingerprint density at radius 1 is 1.42 bits per heavy atom. The Balaban J connectivity index is 1.96. The number of nitrogens with zero attached hydrogens (tertiary/aromatic N) is 1. The van der Waals surface area contributed by atoms with Crippen LogP contribution in [0, 0.1) is 19.8 Å². The van der Waals surface area contributed by atoms with Crippen LogP contribution in [0.15, 0.2) is 18.2 Å². The zero-order valence-electron chi connectivity index (χ0n) is 12.1. The molecule has 0 aromatic heterocycles. The Morgan fingerprint density at radius 3 is 2.95 bits per heavy atom. The van der Waals surface area contributed by atoms with Crippen LogP contribution in [0.5, 0.6) is 0 Å². The highest BCUT2D eigenvalue weighted by Crippen LogP contribution is 2.19. The molecule has 3 nitrogen and oxygen atoms in total. The van der Waals surface area contributed by atoms with Crippen LogP contribution in [-0.2, 0) is 16.0 Å². The van der Waals surface area contributed by atoms with Gasteiger partial charge in [-0.2, -0.15) is 0 Å². The van der Waals surface area contributed by atoms with E-state index < -0.39 is 0 Å². The third kappa shape index (κ3) is 3.57. The number of benzene rings is 1. The summed E-state index contributed by atoms with van der Waals surface area (Å²) in [6, 6.07) is 6.30. The van der Waals surface area contributed by atoms with E-state index in [0.29, 0.717) is 12.3 Å². The largest absolute Gasteiger partial charge is 0.384 e. The van der Waals surface area contributed by atoms with Gasteiger partial charge in [0.2, 0.25) is 5.91 Å². The van der Waals surface area contributed by atoms with Crippen LogP contribution in [0.2, 0.25) is 0 Å². The van der Waals surface area contributed by atoms with Crippen molar-refractivity contribution < 1.29 is 9.53 Å². The van der Waals surface area contributed by atoms with Crippen LogP contribution < -0.4 is 0 Å². The van der Waals surface area contributed by atoms with Crippen LogP contribution >= 0.6 is 0 Å². The summed E-state index contributed by atoms with van der Waals surface area (Å²) in [5, 5.41) is 0. The maximum absolute atomic E-state index is 12.3. The maximum Gasteiger partial charge on any atom is 0.227 e. The molecule has 1 amide bonds. The average molecular weight is 261 g/mol. The molecule has 1 aliphatic rings. The van der Waals surface area contributed by atoms with Crippen LogP contribution in [0.25, 0.3) is 0 Å².